The lowest BCUT2D eigenvalue weighted by Gasteiger charge is -2.29. The van der Waals surface area contributed by atoms with E-state index in [1.807, 2.05) is 19.1 Å². The van der Waals surface area contributed by atoms with Gasteiger partial charge in [-0.2, -0.15) is 0 Å². The number of hydrogen-bond donors (Lipinski definition) is 3. The number of amides is 2. The fourth-order valence-electron chi connectivity index (χ4n) is 2.99. The zero-order valence-corrected chi connectivity index (χ0v) is 13.4. The summed E-state index contributed by atoms with van der Waals surface area (Å²) in [5.74, 6) is -0.231. The third-order valence-electron chi connectivity index (χ3n) is 4.44. The van der Waals surface area contributed by atoms with Crippen LogP contribution in [-0.4, -0.2) is 24.0 Å². The maximum Gasteiger partial charge on any atom is 0.238 e. The van der Waals surface area contributed by atoms with E-state index in [9.17, 15) is 14.0 Å². The minimum Gasteiger partial charge on any atom is -0.348 e. The first kappa shape index (κ1) is 15.9. The summed E-state index contributed by atoms with van der Waals surface area (Å²) in [6, 6.07) is 4.32. The zero-order chi connectivity index (χ0) is 16.6. The maximum absolute atomic E-state index is 14.1. The number of halogens is 1. The zero-order valence-electron chi connectivity index (χ0n) is 13.4. The molecule has 1 saturated carbocycles. The van der Waals surface area contributed by atoms with Crippen LogP contribution in [-0.2, 0) is 9.59 Å². The fraction of sp³-hybridized carbons (Fsp3) is 0.529. The van der Waals surface area contributed by atoms with Crippen LogP contribution in [0, 0.1) is 5.82 Å². The molecule has 1 saturated heterocycles. The van der Waals surface area contributed by atoms with Crippen molar-refractivity contribution in [3.05, 3.63) is 35.1 Å². The lowest BCUT2D eigenvalue weighted by molar-refractivity contribution is -0.132. The topological polar surface area (TPSA) is 70.2 Å². The molecule has 1 aliphatic heterocycles. The first-order valence-electron chi connectivity index (χ1n) is 8.09. The van der Waals surface area contributed by atoms with Gasteiger partial charge in [-0.3, -0.25) is 14.9 Å². The summed E-state index contributed by atoms with van der Waals surface area (Å²) in [7, 11) is 0. The summed E-state index contributed by atoms with van der Waals surface area (Å²) < 4.78 is 14.1. The van der Waals surface area contributed by atoms with E-state index in [0.29, 0.717) is 5.92 Å². The standard InChI is InChI=1S/C17H22FN3O2/c1-9(12-5-6-13(11-3-4-11)14(18)7-12)19-17(23)15-8-16(22)21-10(2)20-15/h5-7,9-11,15,20H,3-4,8H2,1-2H3,(H,19,23)(H,21,22)/t9-,10?,15?/m1/s1. The Morgan fingerprint density at radius 3 is 2.74 bits per heavy atom. The van der Waals surface area contributed by atoms with Crippen molar-refractivity contribution in [1.82, 2.24) is 16.0 Å². The molecule has 2 fully saturated rings. The van der Waals surface area contributed by atoms with Crippen LogP contribution in [0.1, 0.15) is 56.2 Å². The highest BCUT2D eigenvalue weighted by Gasteiger charge is 2.30. The highest BCUT2D eigenvalue weighted by molar-refractivity contribution is 5.89. The molecule has 23 heavy (non-hydrogen) atoms. The van der Waals surface area contributed by atoms with Crippen molar-refractivity contribution >= 4 is 11.8 Å². The van der Waals surface area contributed by atoms with Gasteiger partial charge in [0.05, 0.1) is 24.7 Å². The van der Waals surface area contributed by atoms with Gasteiger partial charge in [0.2, 0.25) is 11.8 Å². The van der Waals surface area contributed by atoms with Gasteiger partial charge in [0.15, 0.2) is 0 Å². The highest BCUT2D eigenvalue weighted by atomic mass is 19.1. The van der Waals surface area contributed by atoms with E-state index in [-0.39, 0.29) is 36.3 Å². The summed E-state index contributed by atoms with van der Waals surface area (Å²) in [5, 5.41) is 8.58. The minimum absolute atomic E-state index is 0.109. The van der Waals surface area contributed by atoms with E-state index in [1.165, 1.54) is 6.07 Å². The molecule has 1 aromatic carbocycles. The molecular weight excluding hydrogens is 297 g/mol. The maximum atomic E-state index is 14.1. The molecule has 2 unspecified atom stereocenters. The molecule has 3 N–H and O–H groups in total. The molecule has 0 bridgehead atoms. The van der Waals surface area contributed by atoms with Crippen molar-refractivity contribution in [2.75, 3.05) is 0 Å². The molecule has 0 spiro atoms. The molecule has 6 heteroatoms. The van der Waals surface area contributed by atoms with E-state index in [1.54, 1.807) is 6.92 Å². The van der Waals surface area contributed by atoms with E-state index >= 15 is 0 Å². The Hall–Kier alpha value is -1.95. The lowest BCUT2D eigenvalue weighted by Crippen LogP contribution is -2.59. The normalized spacial score (nSPS) is 25.6. The lowest BCUT2D eigenvalue weighted by atomic mass is 10.0. The molecule has 5 nitrogen and oxygen atoms in total. The fourth-order valence-corrected chi connectivity index (χ4v) is 2.99. The number of benzene rings is 1. The first-order valence-corrected chi connectivity index (χ1v) is 8.09. The van der Waals surface area contributed by atoms with Crippen LogP contribution in [0.4, 0.5) is 4.39 Å². The van der Waals surface area contributed by atoms with Gasteiger partial charge in [-0.25, -0.2) is 4.39 Å². The second kappa shape index (κ2) is 6.28. The van der Waals surface area contributed by atoms with Gasteiger partial charge >= 0.3 is 0 Å². The van der Waals surface area contributed by atoms with E-state index in [4.69, 9.17) is 0 Å². The average molecular weight is 319 g/mol. The smallest absolute Gasteiger partial charge is 0.238 e. The van der Waals surface area contributed by atoms with Crippen LogP contribution >= 0.6 is 0 Å². The molecule has 3 atom stereocenters. The summed E-state index contributed by atoms with van der Waals surface area (Å²) in [6.07, 6.45) is 1.97. The summed E-state index contributed by atoms with van der Waals surface area (Å²) >= 11 is 0. The van der Waals surface area contributed by atoms with Crippen LogP contribution in [0.2, 0.25) is 0 Å². The van der Waals surface area contributed by atoms with Crippen molar-refractivity contribution in [2.45, 2.75) is 57.3 Å². The highest BCUT2D eigenvalue weighted by Crippen LogP contribution is 2.41. The van der Waals surface area contributed by atoms with Gasteiger partial charge in [-0.1, -0.05) is 12.1 Å². The van der Waals surface area contributed by atoms with Crippen molar-refractivity contribution in [3.8, 4) is 0 Å². The second-order valence-corrected chi connectivity index (χ2v) is 6.50. The van der Waals surface area contributed by atoms with Gasteiger partial charge in [0.1, 0.15) is 5.82 Å². The summed E-state index contributed by atoms with van der Waals surface area (Å²) in [5.41, 5.74) is 1.50. The number of hydrogen-bond acceptors (Lipinski definition) is 3. The number of rotatable bonds is 4. The SMILES string of the molecule is CC1NC(=O)CC(C(=O)N[C@H](C)c2ccc(C3CC3)c(F)c2)N1. The van der Waals surface area contributed by atoms with Gasteiger partial charge in [-0.05, 0) is 49.8 Å². The summed E-state index contributed by atoms with van der Waals surface area (Å²) in [4.78, 5) is 23.8. The van der Waals surface area contributed by atoms with Crippen molar-refractivity contribution < 1.29 is 14.0 Å². The van der Waals surface area contributed by atoms with Crippen LogP contribution in [0.25, 0.3) is 0 Å². The van der Waals surface area contributed by atoms with Crippen LogP contribution in [0.5, 0.6) is 0 Å². The van der Waals surface area contributed by atoms with Gasteiger partial charge < -0.3 is 10.6 Å². The molecule has 1 heterocycles. The Labute approximate surface area is 135 Å². The first-order chi connectivity index (χ1) is 10.9. The van der Waals surface area contributed by atoms with Crippen molar-refractivity contribution in [2.24, 2.45) is 0 Å². The predicted molar refractivity (Wildman–Crippen MR) is 84.1 cm³/mol. The van der Waals surface area contributed by atoms with Crippen molar-refractivity contribution in [3.63, 3.8) is 0 Å². The Morgan fingerprint density at radius 1 is 1.39 bits per heavy atom. The Balaban J connectivity index is 1.64. The molecule has 2 amide bonds. The molecule has 1 aromatic rings. The molecule has 0 aromatic heterocycles. The van der Waals surface area contributed by atoms with Gasteiger partial charge in [0.25, 0.3) is 0 Å². The van der Waals surface area contributed by atoms with E-state index in [2.05, 4.69) is 16.0 Å². The Kier molecular flexibility index (Phi) is 4.35. The second-order valence-electron chi connectivity index (χ2n) is 6.50. The van der Waals surface area contributed by atoms with Crippen LogP contribution in [0.3, 0.4) is 0 Å². The number of carbonyl (C=O) groups excluding carboxylic acids is 2. The third-order valence-corrected chi connectivity index (χ3v) is 4.44. The molecule has 0 radical (unpaired) electrons. The molecular formula is C17H22FN3O2. The molecule has 3 rings (SSSR count). The van der Waals surface area contributed by atoms with E-state index < -0.39 is 6.04 Å². The minimum atomic E-state index is -0.559. The van der Waals surface area contributed by atoms with Crippen molar-refractivity contribution in [1.29, 1.82) is 0 Å². The summed E-state index contributed by atoms with van der Waals surface area (Å²) in [6.45, 7) is 3.60. The quantitative estimate of drug-likeness (QED) is 0.791. The Bertz CT molecular complexity index is 630. The number of carbonyl (C=O) groups is 2. The Morgan fingerprint density at radius 2 is 2.13 bits per heavy atom. The largest absolute Gasteiger partial charge is 0.348 e. The average Bonchev–Trinajstić information content (AvgIpc) is 3.30. The third kappa shape index (κ3) is 3.69. The molecule has 124 valence electrons. The van der Waals surface area contributed by atoms with E-state index in [0.717, 1.165) is 24.0 Å². The molecule has 2 aliphatic rings. The van der Waals surface area contributed by atoms with Crippen LogP contribution in [0.15, 0.2) is 18.2 Å². The van der Waals surface area contributed by atoms with Crippen LogP contribution < -0.4 is 16.0 Å². The predicted octanol–water partition coefficient (Wildman–Crippen LogP) is 1.70. The molecule has 1 aliphatic carbocycles. The number of nitrogens with one attached hydrogen (secondary N) is 3. The van der Waals surface area contributed by atoms with Gasteiger partial charge in [0, 0.05) is 0 Å². The van der Waals surface area contributed by atoms with Gasteiger partial charge in [-0.15, -0.1) is 0 Å². The monoisotopic (exact) mass is 319 g/mol.